The Labute approximate surface area is 188 Å². The van der Waals surface area contributed by atoms with Crippen LogP contribution in [0.2, 0.25) is 5.02 Å². The Balaban J connectivity index is 1.61. The molecule has 0 aromatic heterocycles. The molecular weight excluding hydrogens is 408 g/mol. The third-order valence-corrected chi connectivity index (χ3v) is 6.01. The van der Waals surface area contributed by atoms with Crippen LogP contribution in [0, 0.1) is 0 Å². The first-order valence-electron chi connectivity index (χ1n) is 10.7. The maximum atomic E-state index is 12.8. The second-order valence-electron chi connectivity index (χ2n) is 7.81. The third kappa shape index (κ3) is 5.27. The van der Waals surface area contributed by atoms with Crippen molar-refractivity contribution in [2.24, 2.45) is 0 Å². The van der Waals surface area contributed by atoms with Crippen LogP contribution in [-0.2, 0) is 17.6 Å². The van der Waals surface area contributed by atoms with Crippen molar-refractivity contribution in [3.8, 4) is 5.75 Å². The van der Waals surface area contributed by atoms with E-state index in [1.807, 2.05) is 48.5 Å². The van der Waals surface area contributed by atoms with E-state index < -0.39 is 6.04 Å². The Morgan fingerprint density at radius 3 is 2.55 bits per heavy atom. The van der Waals surface area contributed by atoms with Crippen LogP contribution < -0.4 is 15.4 Å². The molecule has 4 rings (SSSR count). The molecule has 1 aliphatic heterocycles. The summed E-state index contributed by atoms with van der Waals surface area (Å²) in [4.78, 5) is 12.8. The van der Waals surface area contributed by atoms with Crippen LogP contribution in [0.5, 0.6) is 5.75 Å². The minimum absolute atomic E-state index is 0.00378. The van der Waals surface area contributed by atoms with Crippen molar-refractivity contribution >= 4 is 17.5 Å². The van der Waals surface area contributed by atoms with Crippen molar-refractivity contribution in [2.75, 3.05) is 13.7 Å². The molecule has 1 amide bonds. The van der Waals surface area contributed by atoms with Gasteiger partial charge < -0.3 is 10.1 Å². The van der Waals surface area contributed by atoms with E-state index >= 15 is 0 Å². The van der Waals surface area contributed by atoms with Gasteiger partial charge in [0, 0.05) is 24.5 Å². The van der Waals surface area contributed by atoms with Gasteiger partial charge >= 0.3 is 0 Å². The number of fused-ring (bicyclic) bond motifs is 1. The van der Waals surface area contributed by atoms with Gasteiger partial charge in [0.1, 0.15) is 11.8 Å². The summed E-state index contributed by atoms with van der Waals surface area (Å²) in [6.07, 6.45) is 2.64. The molecule has 3 aromatic carbocycles. The van der Waals surface area contributed by atoms with Crippen LogP contribution in [0.25, 0.3) is 0 Å². The number of halogens is 1. The average molecular weight is 435 g/mol. The second-order valence-corrected chi connectivity index (χ2v) is 8.24. The lowest BCUT2D eigenvalue weighted by Gasteiger charge is -2.26. The van der Waals surface area contributed by atoms with Crippen molar-refractivity contribution < 1.29 is 9.53 Å². The monoisotopic (exact) mass is 434 g/mol. The number of hydrogen-bond donors (Lipinski definition) is 2. The van der Waals surface area contributed by atoms with E-state index in [1.165, 1.54) is 16.7 Å². The fourth-order valence-corrected chi connectivity index (χ4v) is 4.17. The molecule has 0 spiro atoms. The summed E-state index contributed by atoms with van der Waals surface area (Å²) in [6, 6.07) is 23.7. The Morgan fingerprint density at radius 1 is 1.03 bits per heavy atom. The van der Waals surface area contributed by atoms with Crippen LogP contribution in [0.4, 0.5) is 0 Å². The third-order valence-electron chi connectivity index (χ3n) is 5.76. The van der Waals surface area contributed by atoms with Gasteiger partial charge in [-0.05, 0) is 53.3 Å². The normalized spacial score (nSPS) is 14.4. The maximum Gasteiger partial charge on any atom is 0.241 e. The van der Waals surface area contributed by atoms with Crippen molar-refractivity contribution in [2.45, 2.75) is 31.3 Å². The highest BCUT2D eigenvalue weighted by Gasteiger charge is 2.25. The lowest BCUT2D eigenvalue weighted by Crippen LogP contribution is -2.38. The molecule has 2 atom stereocenters. The molecule has 1 aliphatic rings. The Morgan fingerprint density at radius 2 is 1.81 bits per heavy atom. The van der Waals surface area contributed by atoms with Crippen LogP contribution >= 0.6 is 11.6 Å². The Bertz CT molecular complexity index is 1020. The summed E-state index contributed by atoms with van der Waals surface area (Å²) < 4.78 is 5.68. The quantitative estimate of drug-likeness (QED) is 0.523. The highest BCUT2D eigenvalue weighted by molar-refractivity contribution is 6.30. The summed E-state index contributed by atoms with van der Waals surface area (Å²) in [7, 11) is 1.68. The summed E-state index contributed by atoms with van der Waals surface area (Å²) >= 11 is 6.04. The molecule has 0 unspecified atom stereocenters. The summed E-state index contributed by atoms with van der Waals surface area (Å²) in [5.74, 6) is 0.915. The molecule has 0 saturated heterocycles. The fourth-order valence-electron chi connectivity index (χ4n) is 4.05. The fraction of sp³-hybridized carbons (Fsp3) is 0.269. The van der Waals surface area contributed by atoms with E-state index in [2.05, 4.69) is 34.9 Å². The maximum absolute atomic E-state index is 12.8. The smallest absolute Gasteiger partial charge is 0.241 e. The minimum atomic E-state index is -0.439. The van der Waals surface area contributed by atoms with Gasteiger partial charge in [-0.1, -0.05) is 66.2 Å². The van der Waals surface area contributed by atoms with Gasteiger partial charge in [-0.2, -0.15) is 0 Å². The average Bonchev–Trinajstić information content (AvgIpc) is 3.28. The second kappa shape index (κ2) is 9.99. The van der Waals surface area contributed by atoms with Crippen LogP contribution in [-0.4, -0.2) is 19.6 Å². The molecule has 0 aliphatic carbocycles. The van der Waals surface area contributed by atoms with Gasteiger partial charge in [0.25, 0.3) is 0 Å². The summed E-state index contributed by atoms with van der Waals surface area (Å²) in [5.41, 5.74) is 4.56. The first-order valence-corrected chi connectivity index (χ1v) is 11.0. The number of aryl methyl sites for hydroxylation is 1. The lowest BCUT2D eigenvalue weighted by atomic mass is 9.95. The van der Waals surface area contributed by atoms with Gasteiger partial charge in [0.05, 0.1) is 6.61 Å². The number of rotatable bonds is 8. The van der Waals surface area contributed by atoms with E-state index in [4.69, 9.17) is 16.3 Å². The van der Waals surface area contributed by atoms with Crippen molar-refractivity contribution in [1.29, 1.82) is 0 Å². The van der Waals surface area contributed by atoms with Gasteiger partial charge in [-0.25, -0.2) is 0 Å². The van der Waals surface area contributed by atoms with E-state index in [1.54, 1.807) is 7.05 Å². The number of nitrogens with one attached hydrogen (secondary N) is 2. The van der Waals surface area contributed by atoms with Gasteiger partial charge in [0.15, 0.2) is 0 Å². The molecule has 0 saturated carbocycles. The zero-order valence-corrected chi connectivity index (χ0v) is 18.4. The number of hydrogen-bond acceptors (Lipinski definition) is 3. The van der Waals surface area contributed by atoms with Gasteiger partial charge in [-0.15, -0.1) is 0 Å². The summed E-state index contributed by atoms with van der Waals surface area (Å²) in [6.45, 7) is 0.729. The molecule has 2 N–H and O–H groups in total. The van der Waals surface area contributed by atoms with Crippen LogP contribution in [0.15, 0.2) is 72.8 Å². The molecule has 0 fully saturated rings. The first kappa shape index (κ1) is 21.4. The zero-order valence-electron chi connectivity index (χ0n) is 17.6. The standard InChI is InChI=1S/C26H27ClN2O2/c1-28-26(30)25(19-5-3-2-4-6-19)29-23(13-9-18-7-11-22(27)12-8-18)20-10-14-24-21(17-20)15-16-31-24/h2-8,10-12,14,17,23,25,29H,9,13,15-16H2,1H3,(H,28,30)/t23-,25-/m0/s1. The van der Waals surface area contributed by atoms with Gasteiger partial charge in [-0.3, -0.25) is 10.1 Å². The minimum Gasteiger partial charge on any atom is -0.493 e. The molecular formula is C26H27ClN2O2. The van der Waals surface area contributed by atoms with Gasteiger partial charge in [0.2, 0.25) is 5.91 Å². The number of likely N-dealkylation sites (N-methyl/N-ethyl adjacent to an activating group) is 1. The molecule has 31 heavy (non-hydrogen) atoms. The number of carbonyl (C=O) groups is 1. The molecule has 4 nitrogen and oxygen atoms in total. The number of benzene rings is 3. The van der Waals surface area contributed by atoms with Crippen LogP contribution in [0.1, 0.15) is 40.8 Å². The number of ether oxygens (including phenoxy) is 1. The molecule has 0 bridgehead atoms. The highest BCUT2D eigenvalue weighted by atomic mass is 35.5. The van der Waals surface area contributed by atoms with Crippen molar-refractivity contribution in [1.82, 2.24) is 10.6 Å². The topological polar surface area (TPSA) is 50.4 Å². The largest absolute Gasteiger partial charge is 0.493 e. The number of carbonyl (C=O) groups excluding carboxylic acids is 1. The van der Waals surface area contributed by atoms with E-state index in [9.17, 15) is 4.79 Å². The van der Waals surface area contributed by atoms with E-state index in [0.29, 0.717) is 0 Å². The van der Waals surface area contributed by atoms with Crippen molar-refractivity contribution in [3.63, 3.8) is 0 Å². The molecule has 160 valence electrons. The molecule has 5 heteroatoms. The Kier molecular flexibility index (Phi) is 6.90. The highest BCUT2D eigenvalue weighted by Crippen LogP contribution is 2.31. The molecule has 0 radical (unpaired) electrons. The first-order chi connectivity index (χ1) is 15.1. The van der Waals surface area contributed by atoms with E-state index in [0.717, 1.165) is 42.2 Å². The predicted octanol–water partition coefficient (Wildman–Crippen LogP) is 5.03. The summed E-state index contributed by atoms with van der Waals surface area (Å²) in [5, 5.41) is 7.17. The molecule has 3 aromatic rings. The van der Waals surface area contributed by atoms with Crippen LogP contribution in [0.3, 0.4) is 0 Å². The SMILES string of the molecule is CNC(=O)[C@@H](N[C@@H](CCc1ccc(Cl)cc1)c1ccc2c(c1)CCO2)c1ccccc1. The van der Waals surface area contributed by atoms with E-state index in [-0.39, 0.29) is 11.9 Å². The Hall–Kier alpha value is -2.82. The zero-order chi connectivity index (χ0) is 21.6. The lowest BCUT2D eigenvalue weighted by molar-refractivity contribution is -0.123. The molecule has 1 heterocycles. The predicted molar refractivity (Wildman–Crippen MR) is 125 cm³/mol. The van der Waals surface area contributed by atoms with Crippen molar-refractivity contribution in [3.05, 3.63) is 100 Å². The number of amides is 1.